The molecule has 1 aromatic rings. The number of aromatic hydroxyl groups is 1. The minimum absolute atomic E-state index is 0.240. The number of benzene rings is 1. The Balaban J connectivity index is 2.17. The van der Waals surface area contributed by atoms with Crippen molar-refractivity contribution in [3.05, 3.63) is 29.3 Å². The molecule has 0 atom stereocenters. The van der Waals surface area contributed by atoms with E-state index in [4.69, 9.17) is 0 Å². The van der Waals surface area contributed by atoms with Crippen molar-refractivity contribution in [1.82, 2.24) is 0 Å². The Morgan fingerprint density at radius 3 is 2.72 bits per heavy atom. The molecule has 1 N–H and O–H groups in total. The second kappa shape index (κ2) is 5.89. The molecule has 0 heterocycles. The van der Waals surface area contributed by atoms with Crippen LogP contribution in [0.4, 0.5) is 0 Å². The quantitative estimate of drug-likeness (QED) is 0.836. The fraction of sp³-hybridized carbons (Fsp3) is 0.533. The van der Waals surface area contributed by atoms with Gasteiger partial charge in [-0.1, -0.05) is 31.4 Å². The molecule has 2 rings (SSSR count). The molecule has 0 spiro atoms. The number of ether oxygens (including phenoxy) is 1. The monoisotopic (exact) mass is 248 g/mol. The number of phenols is 1. The van der Waals surface area contributed by atoms with Gasteiger partial charge in [-0.25, -0.2) is 0 Å². The first kappa shape index (κ1) is 12.9. The van der Waals surface area contributed by atoms with Crippen LogP contribution in [0.25, 0.3) is 0 Å². The zero-order chi connectivity index (χ0) is 13.0. The highest BCUT2D eigenvalue weighted by molar-refractivity contribution is 5.72. The standard InChI is InChI=1S/C15H20O3/c1-18-15(17)10-11-7-8-14(16)13(9-11)12-5-3-2-4-6-12/h7-9,12,16H,2-6,10H2,1H3. The van der Waals surface area contributed by atoms with E-state index in [-0.39, 0.29) is 12.4 Å². The van der Waals surface area contributed by atoms with Gasteiger partial charge in [0.05, 0.1) is 13.5 Å². The largest absolute Gasteiger partial charge is 0.508 e. The maximum absolute atomic E-state index is 11.3. The van der Waals surface area contributed by atoms with E-state index < -0.39 is 0 Å². The maximum atomic E-state index is 11.3. The first-order chi connectivity index (χ1) is 8.70. The topological polar surface area (TPSA) is 46.5 Å². The lowest BCUT2D eigenvalue weighted by Crippen LogP contribution is -2.08. The van der Waals surface area contributed by atoms with Gasteiger partial charge < -0.3 is 9.84 Å². The number of rotatable bonds is 3. The number of carbonyl (C=O) groups excluding carboxylic acids is 1. The summed E-state index contributed by atoms with van der Waals surface area (Å²) in [5.74, 6) is 0.558. The van der Waals surface area contributed by atoms with Gasteiger partial charge >= 0.3 is 5.97 Å². The molecule has 0 aromatic heterocycles. The average Bonchev–Trinajstić information content (AvgIpc) is 2.42. The van der Waals surface area contributed by atoms with Gasteiger partial charge in [0, 0.05) is 0 Å². The Morgan fingerprint density at radius 1 is 1.33 bits per heavy atom. The lowest BCUT2D eigenvalue weighted by Gasteiger charge is -2.23. The molecule has 3 heteroatoms. The van der Waals surface area contributed by atoms with Crippen molar-refractivity contribution in [3.63, 3.8) is 0 Å². The van der Waals surface area contributed by atoms with Gasteiger partial charge in [0.15, 0.2) is 0 Å². The Labute approximate surface area is 108 Å². The van der Waals surface area contributed by atoms with Crippen molar-refractivity contribution in [1.29, 1.82) is 0 Å². The van der Waals surface area contributed by atoms with E-state index in [2.05, 4.69) is 4.74 Å². The van der Waals surface area contributed by atoms with Gasteiger partial charge in [0.2, 0.25) is 0 Å². The van der Waals surface area contributed by atoms with E-state index in [1.54, 1.807) is 12.1 Å². The molecule has 0 unspecified atom stereocenters. The molecule has 98 valence electrons. The third-order valence-electron chi connectivity index (χ3n) is 3.71. The normalized spacial score (nSPS) is 16.5. The highest BCUT2D eigenvalue weighted by Crippen LogP contribution is 2.37. The molecule has 1 fully saturated rings. The van der Waals surface area contributed by atoms with Gasteiger partial charge in [0.25, 0.3) is 0 Å². The molecule has 0 amide bonds. The zero-order valence-electron chi connectivity index (χ0n) is 10.8. The summed E-state index contributed by atoms with van der Waals surface area (Å²) in [5, 5.41) is 9.96. The Bertz CT molecular complexity index is 420. The van der Waals surface area contributed by atoms with Crippen molar-refractivity contribution in [2.45, 2.75) is 44.4 Å². The number of phenolic OH excluding ortho intramolecular Hbond substituents is 1. The van der Waals surface area contributed by atoms with Crippen LogP contribution in [0.5, 0.6) is 5.75 Å². The number of methoxy groups -OCH3 is 1. The van der Waals surface area contributed by atoms with Crippen LogP contribution in [0.1, 0.15) is 49.1 Å². The summed E-state index contributed by atoms with van der Waals surface area (Å²) in [6.07, 6.45) is 6.29. The van der Waals surface area contributed by atoms with Crippen LogP contribution < -0.4 is 0 Å². The highest BCUT2D eigenvalue weighted by atomic mass is 16.5. The van der Waals surface area contributed by atoms with E-state index >= 15 is 0 Å². The van der Waals surface area contributed by atoms with Crippen LogP contribution in [0, 0.1) is 0 Å². The molecule has 18 heavy (non-hydrogen) atoms. The van der Waals surface area contributed by atoms with Gasteiger partial charge in [0.1, 0.15) is 5.75 Å². The Hall–Kier alpha value is -1.51. The molecule has 1 saturated carbocycles. The van der Waals surface area contributed by atoms with Crippen LogP contribution in [-0.4, -0.2) is 18.2 Å². The molecular weight excluding hydrogens is 228 g/mol. The average molecular weight is 248 g/mol. The summed E-state index contributed by atoms with van der Waals surface area (Å²) in [7, 11) is 1.39. The summed E-state index contributed by atoms with van der Waals surface area (Å²) in [6, 6.07) is 5.45. The minimum atomic E-state index is -0.240. The van der Waals surface area contributed by atoms with E-state index in [9.17, 15) is 9.90 Å². The maximum Gasteiger partial charge on any atom is 0.309 e. The summed E-state index contributed by atoms with van der Waals surface area (Å²) in [6.45, 7) is 0. The van der Waals surface area contributed by atoms with Gasteiger partial charge in [-0.3, -0.25) is 4.79 Å². The molecule has 3 nitrogen and oxygen atoms in total. The van der Waals surface area contributed by atoms with Crippen LogP contribution in [0.2, 0.25) is 0 Å². The molecule has 0 saturated heterocycles. The van der Waals surface area contributed by atoms with Crippen LogP contribution >= 0.6 is 0 Å². The SMILES string of the molecule is COC(=O)Cc1ccc(O)c(C2CCCCC2)c1. The van der Waals surface area contributed by atoms with E-state index in [1.165, 1.54) is 26.4 Å². The predicted octanol–water partition coefficient (Wildman–Crippen LogP) is 3.16. The van der Waals surface area contributed by atoms with E-state index in [1.807, 2.05) is 6.07 Å². The van der Waals surface area contributed by atoms with Crippen molar-refractivity contribution in [3.8, 4) is 5.75 Å². The molecular formula is C15H20O3. The minimum Gasteiger partial charge on any atom is -0.508 e. The lowest BCUT2D eigenvalue weighted by molar-refractivity contribution is -0.139. The van der Waals surface area contributed by atoms with Gasteiger partial charge in [-0.15, -0.1) is 0 Å². The van der Waals surface area contributed by atoms with Crippen molar-refractivity contribution < 1.29 is 14.6 Å². The van der Waals surface area contributed by atoms with Gasteiger partial charge in [-0.05, 0) is 36.0 Å². The van der Waals surface area contributed by atoms with Crippen LogP contribution in [0.15, 0.2) is 18.2 Å². The van der Waals surface area contributed by atoms with Crippen LogP contribution in [-0.2, 0) is 16.0 Å². The second-order valence-corrected chi connectivity index (χ2v) is 4.98. The Kier molecular flexibility index (Phi) is 4.24. The molecule has 0 radical (unpaired) electrons. The van der Waals surface area contributed by atoms with Crippen molar-refractivity contribution in [2.75, 3.05) is 7.11 Å². The van der Waals surface area contributed by atoms with Crippen LogP contribution in [0.3, 0.4) is 0 Å². The zero-order valence-corrected chi connectivity index (χ0v) is 10.8. The number of hydrogen-bond acceptors (Lipinski definition) is 3. The molecule has 1 aliphatic rings. The molecule has 0 bridgehead atoms. The molecule has 1 aromatic carbocycles. The summed E-state index contributed by atoms with van der Waals surface area (Å²) in [4.78, 5) is 11.3. The van der Waals surface area contributed by atoms with E-state index in [0.717, 1.165) is 24.0 Å². The molecule has 1 aliphatic carbocycles. The smallest absolute Gasteiger partial charge is 0.309 e. The predicted molar refractivity (Wildman–Crippen MR) is 69.7 cm³/mol. The Morgan fingerprint density at radius 2 is 2.06 bits per heavy atom. The number of hydrogen-bond donors (Lipinski definition) is 1. The van der Waals surface area contributed by atoms with E-state index in [0.29, 0.717) is 11.7 Å². The second-order valence-electron chi connectivity index (χ2n) is 4.98. The lowest BCUT2D eigenvalue weighted by atomic mass is 9.83. The first-order valence-corrected chi connectivity index (χ1v) is 6.59. The van der Waals surface area contributed by atoms with Crippen molar-refractivity contribution >= 4 is 5.97 Å². The summed E-state index contributed by atoms with van der Waals surface area (Å²) >= 11 is 0. The third-order valence-corrected chi connectivity index (χ3v) is 3.71. The summed E-state index contributed by atoms with van der Waals surface area (Å²) < 4.78 is 4.67. The van der Waals surface area contributed by atoms with Gasteiger partial charge in [-0.2, -0.15) is 0 Å². The fourth-order valence-electron chi connectivity index (χ4n) is 2.69. The molecule has 0 aliphatic heterocycles. The number of carbonyl (C=O) groups is 1. The first-order valence-electron chi connectivity index (χ1n) is 6.59. The fourth-order valence-corrected chi connectivity index (χ4v) is 2.69. The number of esters is 1. The highest BCUT2D eigenvalue weighted by Gasteiger charge is 2.19. The summed E-state index contributed by atoms with van der Waals surface area (Å²) in [5.41, 5.74) is 1.91. The van der Waals surface area contributed by atoms with Crippen molar-refractivity contribution in [2.24, 2.45) is 0 Å². The third kappa shape index (κ3) is 3.03.